The molecule has 0 N–H and O–H groups in total. The first-order chi connectivity index (χ1) is 9.17. The third kappa shape index (κ3) is 5.94. The lowest BCUT2D eigenvalue weighted by Crippen LogP contribution is -2.13. The molecule has 0 radical (unpaired) electrons. The second kappa shape index (κ2) is 8.77. The van der Waals surface area contributed by atoms with Gasteiger partial charge in [0, 0.05) is 7.11 Å². The van der Waals surface area contributed by atoms with Gasteiger partial charge < -0.3 is 19.1 Å². The van der Waals surface area contributed by atoms with E-state index in [1.807, 2.05) is 6.07 Å². The molecule has 0 bridgehead atoms. The second-order valence-corrected chi connectivity index (χ2v) is 4.73. The molecule has 0 spiro atoms. The quantitative estimate of drug-likeness (QED) is 0.642. The van der Waals surface area contributed by atoms with Crippen LogP contribution in [0.1, 0.15) is 12.0 Å². The highest BCUT2D eigenvalue weighted by atomic mass is 16.5. The summed E-state index contributed by atoms with van der Waals surface area (Å²) in [6, 6.07) is 6.12. The SMILES string of the molecule is COCCOc1cc(CCCN(C)C)ccc1OC. The summed E-state index contributed by atoms with van der Waals surface area (Å²) in [7, 11) is 7.50. The Labute approximate surface area is 116 Å². The van der Waals surface area contributed by atoms with Crippen LogP contribution in [0.5, 0.6) is 11.5 Å². The molecule has 1 aromatic rings. The number of ether oxygens (including phenoxy) is 3. The Morgan fingerprint density at radius 2 is 1.84 bits per heavy atom. The standard InChI is InChI=1S/C15H25NO3/c1-16(2)9-5-6-13-7-8-14(18-4)15(12-13)19-11-10-17-3/h7-8,12H,5-6,9-11H2,1-4H3. The topological polar surface area (TPSA) is 30.9 Å². The summed E-state index contributed by atoms with van der Waals surface area (Å²) in [4.78, 5) is 2.19. The highest BCUT2D eigenvalue weighted by Crippen LogP contribution is 2.28. The van der Waals surface area contributed by atoms with Gasteiger partial charge in [0.15, 0.2) is 11.5 Å². The van der Waals surface area contributed by atoms with Crippen LogP contribution in [0.25, 0.3) is 0 Å². The fourth-order valence-corrected chi connectivity index (χ4v) is 1.82. The Kier molecular flexibility index (Phi) is 7.30. The molecule has 0 aliphatic carbocycles. The molecule has 19 heavy (non-hydrogen) atoms. The Bertz CT molecular complexity index is 366. The van der Waals surface area contributed by atoms with Gasteiger partial charge >= 0.3 is 0 Å². The van der Waals surface area contributed by atoms with Crippen LogP contribution in [-0.2, 0) is 11.2 Å². The Hall–Kier alpha value is -1.26. The summed E-state index contributed by atoms with van der Waals surface area (Å²) in [6.07, 6.45) is 2.18. The van der Waals surface area contributed by atoms with Crippen molar-refractivity contribution in [3.05, 3.63) is 23.8 Å². The molecule has 0 unspecified atom stereocenters. The third-order valence-electron chi connectivity index (χ3n) is 2.84. The number of benzene rings is 1. The normalized spacial score (nSPS) is 10.8. The first kappa shape index (κ1) is 15.8. The first-order valence-electron chi connectivity index (χ1n) is 6.60. The van der Waals surface area contributed by atoms with Crippen molar-refractivity contribution >= 4 is 0 Å². The van der Waals surface area contributed by atoms with E-state index in [2.05, 4.69) is 31.1 Å². The summed E-state index contributed by atoms with van der Waals surface area (Å²) >= 11 is 0. The molecule has 0 aliphatic rings. The fraction of sp³-hybridized carbons (Fsp3) is 0.600. The van der Waals surface area contributed by atoms with Crippen LogP contribution in [0, 0.1) is 0 Å². The van der Waals surface area contributed by atoms with Crippen LogP contribution in [0.3, 0.4) is 0 Å². The Balaban J connectivity index is 2.60. The van der Waals surface area contributed by atoms with Crippen LogP contribution >= 0.6 is 0 Å². The van der Waals surface area contributed by atoms with Crippen molar-refractivity contribution in [1.29, 1.82) is 0 Å². The minimum absolute atomic E-state index is 0.536. The van der Waals surface area contributed by atoms with Crippen LogP contribution in [0.4, 0.5) is 0 Å². The van der Waals surface area contributed by atoms with Crippen LogP contribution in [0.15, 0.2) is 18.2 Å². The van der Waals surface area contributed by atoms with E-state index >= 15 is 0 Å². The predicted octanol–water partition coefficient (Wildman–Crippen LogP) is 2.21. The van der Waals surface area contributed by atoms with E-state index in [1.165, 1.54) is 5.56 Å². The van der Waals surface area contributed by atoms with Gasteiger partial charge in [-0.3, -0.25) is 0 Å². The maximum absolute atomic E-state index is 5.68. The van der Waals surface area contributed by atoms with Crippen LogP contribution in [-0.4, -0.2) is 53.0 Å². The van der Waals surface area contributed by atoms with Gasteiger partial charge in [-0.25, -0.2) is 0 Å². The molecule has 0 aliphatic heterocycles. The highest BCUT2D eigenvalue weighted by Gasteiger charge is 2.06. The van der Waals surface area contributed by atoms with Crippen molar-refractivity contribution < 1.29 is 14.2 Å². The molecular weight excluding hydrogens is 242 g/mol. The highest BCUT2D eigenvalue weighted by molar-refractivity contribution is 5.43. The molecule has 0 heterocycles. The van der Waals surface area contributed by atoms with Crippen molar-refractivity contribution in [3.63, 3.8) is 0 Å². The lowest BCUT2D eigenvalue weighted by molar-refractivity contribution is 0.144. The van der Waals surface area contributed by atoms with Gasteiger partial charge in [0.2, 0.25) is 0 Å². The van der Waals surface area contributed by atoms with Gasteiger partial charge in [-0.2, -0.15) is 0 Å². The third-order valence-corrected chi connectivity index (χ3v) is 2.84. The van der Waals surface area contributed by atoms with Crippen molar-refractivity contribution in [2.75, 3.05) is 48.1 Å². The van der Waals surface area contributed by atoms with E-state index in [1.54, 1.807) is 14.2 Å². The summed E-state index contributed by atoms with van der Waals surface area (Å²) in [5, 5.41) is 0. The molecule has 0 amide bonds. The Morgan fingerprint density at radius 3 is 2.47 bits per heavy atom. The van der Waals surface area contributed by atoms with E-state index in [4.69, 9.17) is 14.2 Å². The van der Waals surface area contributed by atoms with Gasteiger partial charge in [0.1, 0.15) is 6.61 Å². The molecule has 0 saturated carbocycles. The lowest BCUT2D eigenvalue weighted by atomic mass is 10.1. The minimum atomic E-state index is 0.536. The van der Waals surface area contributed by atoms with Crippen molar-refractivity contribution in [2.45, 2.75) is 12.8 Å². The van der Waals surface area contributed by atoms with Gasteiger partial charge in [-0.05, 0) is 51.2 Å². The van der Waals surface area contributed by atoms with E-state index in [-0.39, 0.29) is 0 Å². The van der Waals surface area contributed by atoms with E-state index in [0.717, 1.165) is 30.9 Å². The zero-order valence-electron chi connectivity index (χ0n) is 12.4. The van der Waals surface area contributed by atoms with Gasteiger partial charge in [-0.15, -0.1) is 0 Å². The number of hydrogen-bond donors (Lipinski definition) is 0. The number of methoxy groups -OCH3 is 2. The van der Waals surface area contributed by atoms with Gasteiger partial charge in [0.25, 0.3) is 0 Å². The monoisotopic (exact) mass is 267 g/mol. The molecule has 108 valence electrons. The molecule has 0 saturated heterocycles. The summed E-state index contributed by atoms with van der Waals surface area (Å²) in [5.41, 5.74) is 1.27. The summed E-state index contributed by atoms with van der Waals surface area (Å²) in [5.74, 6) is 1.56. The molecule has 1 aromatic carbocycles. The average Bonchev–Trinajstić information content (AvgIpc) is 2.39. The zero-order chi connectivity index (χ0) is 14.1. The van der Waals surface area contributed by atoms with E-state index < -0.39 is 0 Å². The smallest absolute Gasteiger partial charge is 0.161 e. The summed E-state index contributed by atoms with van der Waals surface area (Å²) in [6.45, 7) is 2.20. The van der Waals surface area contributed by atoms with E-state index in [9.17, 15) is 0 Å². The van der Waals surface area contributed by atoms with Gasteiger partial charge in [0.05, 0.1) is 13.7 Å². The molecule has 0 aromatic heterocycles. The fourth-order valence-electron chi connectivity index (χ4n) is 1.82. The summed E-state index contributed by atoms with van der Waals surface area (Å²) < 4.78 is 16.0. The van der Waals surface area contributed by atoms with Crippen molar-refractivity contribution in [2.24, 2.45) is 0 Å². The largest absolute Gasteiger partial charge is 0.493 e. The number of aryl methyl sites for hydroxylation is 1. The van der Waals surface area contributed by atoms with Gasteiger partial charge in [-0.1, -0.05) is 6.07 Å². The van der Waals surface area contributed by atoms with Crippen molar-refractivity contribution in [3.8, 4) is 11.5 Å². The number of hydrogen-bond acceptors (Lipinski definition) is 4. The van der Waals surface area contributed by atoms with Crippen LogP contribution < -0.4 is 9.47 Å². The number of rotatable bonds is 9. The Morgan fingerprint density at radius 1 is 1.05 bits per heavy atom. The molecule has 1 rings (SSSR count). The lowest BCUT2D eigenvalue weighted by Gasteiger charge is -2.13. The number of nitrogens with zero attached hydrogens (tertiary/aromatic N) is 1. The zero-order valence-corrected chi connectivity index (χ0v) is 12.4. The molecule has 4 nitrogen and oxygen atoms in total. The second-order valence-electron chi connectivity index (χ2n) is 4.73. The molecule has 0 atom stereocenters. The average molecular weight is 267 g/mol. The van der Waals surface area contributed by atoms with Crippen LogP contribution in [0.2, 0.25) is 0 Å². The minimum Gasteiger partial charge on any atom is -0.493 e. The maximum atomic E-state index is 5.68. The maximum Gasteiger partial charge on any atom is 0.161 e. The molecule has 4 heteroatoms. The predicted molar refractivity (Wildman–Crippen MR) is 77.2 cm³/mol. The molecule has 0 fully saturated rings. The first-order valence-corrected chi connectivity index (χ1v) is 6.60. The van der Waals surface area contributed by atoms with Crippen molar-refractivity contribution in [1.82, 2.24) is 4.90 Å². The molecular formula is C15H25NO3. The van der Waals surface area contributed by atoms with E-state index in [0.29, 0.717) is 13.2 Å².